The zero-order chi connectivity index (χ0) is 12.9. The molecule has 1 rings (SSSR count). The van der Waals surface area contributed by atoms with Crippen LogP contribution in [-0.2, 0) is 15.8 Å². The minimum Gasteiger partial charge on any atom is -0.392 e. The quantitative estimate of drug-likeness (QED) is 0.793. The van der Waals surface area contributed by atoms with Gasteiger partial charge in [-0.3, -0.25) is 0 Å². The molecule has 0 radical (unpaired) electrons. The van der Waals surface area contributed by atoms with Crippen molar-refractivity contribution in [3.8, 4) is 6.07 Å². The molecule has 0 fully saturated rings. The van der Waals surface area contributed by atoms with Crippen LogP contribution in [0.15, 0.2) is 24.3 Å². The summed E-state index contributed by atoms with van der Waals surface area (Å²) in [6.07, 6.45) is -0.727. The first kappa shape index (κ1) is 13.6. The number of nitrogens with zero attached hydrogens (tertiary/aromatic N) is 1. The molecule has 0 heterocycles. The van der Waals surface area contributed by atoms with Gasteiger partial charge in [0.25, 0.3) is 0 Å². The highest BCUT2D eigenvalue weighted by atomic mass is 32.2. The topological polar surface area (TPSA) is 90.2 Å². The SMILES string of the molecule is C[C@@H](O)CNS(=O)(=O)Cc1cccc(C#N)c1. The number of nitrogens with one attached hydrogen (secondary N) is 1. The normalized spacial score (nSPS) is 13.0. The maximum absolute atomic E-state index is 11.6. The number of nitriles is 1. The van der Waals surface area contributed by atoms with E-state index in [-0.39, 0.29) is 12.3 Å². The average molecular weight is 254 g/mol. The third-order valence-electron chi connectivity index (χ3n) is 2.01. The first-order chi connectivity index (χ1) is 7.93. The van der Waals surface area contributed by atoms with E-state index in [1.165, 1.54) is 13.0 Å². The van der Waals surface area contributed by atoms with Gasteiger partial charge in [0, 0.05) is 6.54 Å². The van der Waals surface area contributed by atoms with E-state index in [0.29, 0.717) is 11.1 Å². The smallest absolute Gasteiger partial charge is 0.215 e. The Balaban J connectivity index is 2.73. The van der Waals surface area contributed by atoms with Gasteiger partial charge in [0.05, 0.1) is 23.5 Å². The van der Waals surface area contributed by atoms with Gasteiger partial charge in [0.1, 0.15) is 0 Å². The first-order valence-electron chi connectivity index (χ1n) is 5.07. The van der Waals surface area contributed by atoms with E-state index in [9.17, 15) is 8.42 Å². The number of rotatable bonds is 5. The Morgan fingerprint density at radius 3 is 2.82 bits per heavy atom. The molecule has 6 heteroatoms. The first-order valence-corrected chi connectivity index (χ1v) is 6.72. The molecule has 0 aromatic heterocycles. The van der Waals surface area contributed by atoms with Crippen LogP contribution < -0.4 is 4.72 Å². The molecule has 92 valence electrons. The Morgan fingerprint density at radius 1 is 1.53 bits per heavy atom. The molecule has 0 bridgehead atoms. The van der Waals surface area contributed by atoms with Crippen molar-refractivity contribution in [3.63, 3.8) is 0 Å². The Hall–Kier alpha value is -1.42. The van der Waals surface area contributed by atoms with Gasteiger partial charge in [-0.1, -0.05) is 12.1 Å². The minimum absolute atomic E-state index is 0.0136. The molecule has 0 amide bonds. The van der Waals surface area contributed by atoms with Gasteiger partial charge in [-0.2, -0.15) is 5.26 Å². The van der Waals surface area contributed by atoms with Crippen LogP contribution >= 0.6 is 0 Å². The number of hydrogen-bond donors (Lipinski definition) is 2. The molecule has 17 heavy (non-hydrogen) atoms. The fourth-order valence-electron chi connectivity index (χ4n) is 1.25. The molecule has 1 atom stereocenters. The van der Waals surface area contributed by atoms with Crippen LogP contribution in [0.4, 0.5) is 0 Å². The van der Waals surface area contributed by atoms with Crippen LogP contribution in [0.1, 0.15) is 18.1 Å². The summed E-state index contributed by atoms with van der Waals surface area (Å²) < 4.78 is 25.5. The second-order valence-corrected chi connectivity index (χ2v) is 5.58. The molecule has 0 aliphatic carbocycles. The molecule has 0 unspecified atom stereocenters. The lowest BCUT2D eigenvalue weighted by molar-refractivity contribution is 0.198. The van der Waals surface area contributed by atoms with Gasteiger partial charge >= 0.3 is 0 Å². The van der Waals surface area contributed by atoms with Crippen LogP contribution in [0.25, 0.3) is 0 Å². The maximum Gasteiger partial charge on any atom is 0.215 e. The van der Waals surface area contributed by atoms with Crippen molar-refractivity contribution in [1.82, 2.24) is 4.72 Å². The van der Waals surface area contributed by atoms with Crippen molar-refractivity contribution in [2.75, 3.05) is 6.54 Å². The summed E-state index contributed by atoms with van der Waals surface area (Å²) in [5, 5.41) is 17.7. The molecular formula is C11H14N2O3S. The van der Waals surface area contributed by atoms with E-state index in [1.807, 2.05) is 6.07 Å². The Bertz CT molecular complexity index is 518. The van der Waals surface area contributed by atoms with Crippen LogP contribution in [0.3, 0.4) is 0 Å². The van der Waals surface area contributed by atoms with Gasteiger partial charge < -0.3 is 5.11 Å². The molecule has 2 N–H and O–H groups in total. The second-order valence-electron chi connectivity index (χ2n) is 3.77. The van der Waals surface area contributed by atoms with E-state index >= 15 is 0 Å². The fourth-order valence-corrected chi connectivity index (χ4v) is 2.46. The predicted octanol–water partition coefficient (Wildman–Crippen LogP) is 0.358. The lowest BCUT2D eigenvalue weighted by atomic mass is 10.2. The average Bonchev–Trinajstić information content (AvgIpc) is 2.26. The number of hydrogen-bond acceptors (Lipinski definition) is 4. The van der Waals surface area contributed by atoms with E-state index in [0.717, 1.165) is 0 Å². The van der Waals surface area contributed by atoms with Gasteiger partial charge in [-0.05, 0) is 24.6 Å². The van der Waals surface area contributed by atoms with Crippen molar-refractivity contribution in [3.05, 3.63) is 35.4 Å². The summed E-state index contributed by atoms with van der Waals surface area (Å²) in [6, 6.07) is 8.37. The monoisotopic (exact) mass is 254 g/mol. The van der Waals surface area contributed by atoms with Crippen LogP contribution in [0, 0.1) is 11.3 Å². The summed E-state index contributed by atoms with van der Waals surface area (Å²) in [6.45, 7) is 1.49. The maximum atomic E-state index is 11.6. The third kappa shape index (κ3) is 4.95. The Morgan fingerprint density at radius 2 is 2.24 bits per heavy atom. The summed E-state index contributed by atoms with van der Waals surface area (Å²) in [5.74, 6) is -0.199. The van der Waals surface area contributed by atoms with Crippen molar-refractivity contribution < 1.29 is 13.5 Å². The lowest BCUT2D eigenvalue weighted by Gasteiger charge is -2.08. The predicted molar refractivity (Wildman–Crippen MR) is 63.5 cm³/mol. The van der Waals surface area contributed by atoms with Gasteiger partial charge in [0.15, 0.2) is 0 Å². The van der Waals surface area contributed by atoms with Crippen LogP contribution in [0.2, 0.25) is 0 Å². The number of benzene rings is 1. The van der Waals surface area contributed by atoms with E-state index in [2.05, 4.69) is 4.72 Å². The van der Waals surface area contributed by atoms with E-state index < -0.39 is 16.1 Å². The molecule has 0 aliphatic heterocycles. The van der Waals surface area contributed by atoms with E-state index in [1.54, 1.807) is 18.2 Å². The molecule has 5 nitrogen and oxygen atoms in total. The molecule has 0 aliphatic rings. The van der Waals surface area contributed by atoms with Crippen molar-refractivity contribution in [2.45, 2.75) is 18.8 Å². The summed E-state index contributed by atoms with van der Waals surface area (Å²) in [5.41, 5.74) is 0.968. The Labute approximate surface area is 101 Å². The summed E-state index contributed by atoms with van der Waals surface area (Å²) in [7, 11) is -3.47. The van der Waals surface area contributed by atoms with Crippen molar-refractivity contribution in [1.29, 1.82) is 5.26 Å². The third-order valence-corrected chi connectivity index (χ3v) is 3.33. The van der Waals surface area contributed by atoms with Gasteiger partial charge in [-0.25, -0.2) is 13.1 Å². The molecule has 0 spiro atoms. The standard InChI is InChI=1S/C11H14N2O3S/c1-9(14)7-13-17(15,16)8-11-4-2-3-10(5-11)6-12/h2-5,9,13-14H,7-8H2,1H3/t9-/m1/s1. The lowest BCUT2D eigenvalue weighted by Crippen LogP contribution is -2.31. The largest absolute Gasteiger partial charge is 0.392 e. The highest BCUT2D eigenvalue weighted by molar-refractivity contribution is 7.88. The molecule has 1 aromatic carbocycles. The summed E-state index contributed by atoms with van der Waals surface area (Å²) >= 11 is 0. The number of aliphatic hydroxyl groups excluding tert-OH is 1. The molecule has 0 saturated heterocycles. The van der Waals surface area contributed by atoms with Gasteiger partial charge in [-0.15, -0.1) is 0 Å². The highest BCUT2D eigenvalue weighted by Gasteiger charge is 2.12. The van der Waals surface area contributed by atoms with Gasteiger partial charge in [0.2, 0.25) is 10.0 Å². The number of sulfonamides is 1. The zero-order valence-electron chi connectivity index (χ0n) is 9.42. The highest BCUT2D eigenvalue weighted by Crippen LogP contribution is 2.07. The van der Waals surface area contributed by atoms with Crippen LogP contribution in [0.5, 0.6) is 0 Å². The zero-order valence-corrected chi connectivity index (χ0v) is 10.2. The Kier molecular flexibility index (Phi) is 4.63. The molecule has 0 saturated carbocycles. The van der Waals surface area contributed by atoms with Crippen molar-refractivity contribution >= 4 is 10.0 Å². The summed E-state index contributed by atoms with van der Waals surface area (Å²) in [4.78, 5) is 0. The number of aliphatic hydroxyl groups is 1. The van der Waals surface area contributed by atoms with Crippen LogP contribution in [-0.4, -0.2) is 26.2 Å². The fraction of sp³-hybridized carbons (Fsp3) is 0.364. The second kappa shape index (κ2) is 5.77. The minimum atomic E-state index is -3.47. The van der Waals surface area contributed by atoms with Crippen molar-refractivity contribution in [2.24, 2.45) is 0 Å². The molecule has 1 aromatic rings. The van der Waals surface area contributed by atoms with E-state index in [4.69, 9.17) is 10.4 Å². The molecular weight excluding hydrogens is 240 g/mol.